The summed E-state index contributed by atoms with van der Waals surface area (Å²) in [4.78, 5) is 12.7. The smallest absolute Gasteiger partial charge is 0.191 e. The summed E-state index contributed by atoms with van der Waals surface area (Å²) in [5.74, 6) is 1.97. The van der Waals surface area contributed by atoms with Gasteiger partial charge in [0.25, 0.3) is 0 Å². The number of thiophene rings is 1. The largest absolute Gasteiger partial charge is 0.356 e. The van der Waals surface area contributed by atoms with E-state index >= 15 is 0 Å². The number of hydrogen-bond acceptors (Lipinski definition) is 6. The van der Waals surface area contributed by atoms with Crippen LogP contribution in [0.3, 0.4) is 0 Å². The van der Waals surface area contributed by atoms with Gasteiger partial charge in [-0.2, -0.15) is 0 Å². The van der Waals surface area contributed by atoms with E-state index in [0.29, 0.717) is 6.04 Å². The van der Waals surface area contributed by atoms with Crippen LogP contribution in [0.1, 0.15) is 30.2 Å². The highest BCUT2D eigenvalue weighted by atomic mass is 127. The molecule has 1 aliphatic rings. The molecule has 5 nitrogen and oxygen atoms in total. The first-order chi connectivity index (χ1) is 12.9. The van der Waals surface area contributed by atoms with E-state index in [-0.39, 0.29) is 24.0 Å². The Labute approximate surface area is 191 Å². The van der Waals surface area contributed by atoms with E-state index in [2.05, 4.69) is 43.0 Å². The van der Waals surface area contributed by atoms with Crippen molar-refractivity contribution in [2.45, 2.75) is 29.6 Å². The molecule has 9 heteroatoms. The van der Waals surface area contributed by atoms with Crippen molar-refractivity contribution in [2.24, 2.45) is 4.99 Å². The average molecular weight is 538 g/mol. The van der Waals surface area contributed by atoms with Gasteiger partial charge in [0.1, 0.15) is 4.34 Å². The number of rotatable bonds is 9. The molecule has 1 fully saturated rings. The maximum atomic E-state index is 4.38. The van der Waals surface area contributed by atoms with Crippen LogP contribution in [0.25, 0.3) is 0 Å². The molecule has 0 spiro atoms. The van der Waals surface area contributed by atoms with Crippen LogP contribution in [0.4, 0.5) is 0 Å². The zero-order chi connectivity index (χ0) is 18.0. The molecule has 0 bridgehead atoms. The molecule has 2 aromatic heterocycles. The molecule has 0 saturated carbocycles. The second-order valence-electron chi connectivity index (χ2n) is 6.15. The minimum absolute atomic E-state index is 0. The van der Waals surface area contributed by atoms with Gasteiger partial charge in [0.2, 0.25) is 0 Å². The van der Waals surface area contributed by atoms with Gasteiger partial charge >= 0.3 is 0 Å². The van der Waals surface area contributed by atoms with Crippen LogP contribution in [-0.4, -0.2) is 54.8 Å². The Morgan fingerprint density at radius 1 is 1.30 bits per heavy atom. The number of hydrogen-bond donors (Lipinski definition) is 2. The molecule has 0 amide bonds. The Hall–Kier alpha value is -0.360. The van der Waals surface area contributed by atoms with Crippen molar-refractivity contribution in [3.05, 3.63) is 34.0 Å². The van der Waals surface area contributed by atoms with Crippen LogP contribution in [0, 0.1) is 0 Å². The van der Waals surface area contributed by atoms with Gasteiger partial charge in [-0.05, 0) is 43.8 Å². The molecule has 0 radical (unpaired) electrons. The summed E-state index contributed by atoms with van der Waals surface area (Å²) in [7, 11) is 1.84. The molecule has 3 heterocycles. The molecule has 0 aliphatic carbocycles. The zero-order valence-corrected chi connectivity index (χ0v) is 20.4. The molecule has 150 valence electrons. The number of aliphatic imine (C=N–C) groups is 1. The second-order valence-corrected chi connectivity index (χ2v) is 9.37. The summed E-state index contributed by atoms with van der Waals surface area (Å²) < 4.78 is 1.15. The van der Waals surface area contributed by atoms with Crippen LogP contribution in [-0.2, 0) is 0 Å². The van der Waals surface area contributed by atoms with Crippen LogP contribution in [0.2, 0.25) is 0 Å². The molecule has 1 atom stereocenters. The average Bonchev–Trinajstić information content (AvgIpc) is 3.43. The molecule has 1 aliphatic heterocycles. The number of nitrogens with one attached hydrogen (secondary N) is 2. The van der Waals surface area contributed by atoms with Crippen LogP contribution in [0.15, 0.2) is 38.4 Å². The molecular formula is C18H28IN5S3. The minimum Gasteiger partial charge on any atom is -0.356 e. The van der Waals surface area contributed by atoms with Crippen LogP contribution in [0.5, 0.6) is 0 Å². The second kappa shape index (κ2) is 13.0. The van der Waals surface area contributed by atoms with E-state index in [0.717, 1.165) is 35.6 Å². The Bertz CT molecular complexity index is 642. The third kappa shape index (κ3) is 7.52. The zero-order valence-electron chi connectivity index (χ0n) is 15.6. The number of likely N-dealkylation sites (tertiary alicyclic amines) is 1. The Morgan fingerprint density at radius 3 is 2.81 bits per heavy atom. The Kier molecular flexibility index (Phi) is 11.0. The van der Waals surface area contributed by atoms with Crippen molar-refractivity contribution >= 4 is 64.4 Å². The Morgan fingerprint density at radius 2 is 2.15 bits per heavy atom. The Balaban J connectivity index is 0.00000261. The van der Waals surface area contributed by atoms with E-state index < -0.39 is 0 Å². The van der Waals surface area contributed by atoms with Crippen molar-refractivity contribution in [2.75, 3.05) is 39.0 Å². The highest BCUT2D eigenvalue weighted by Gasteiger charge is 2.24. The number of aromatic nitrogens is 1. The summed E-state index contributed by atoms with van der Waals surface area (Å²) in [5, 5.41) is 11.2. The maximum Gasteiger partial charge on any atom is 0.191 e. The first-order valence-corrected chi connectivity index (χ1v) is 11.9. The van der Waals surface area contributed by atoms with Gasteiger partial charge in [-0.3, -0.25) is 9.89 Å². The number of thioether (sulfide) groups is 1. The summed E-state index contributed by atoms with van der Waals surface area (Å²) in [6.45, 7) is 4.22. The van der Waals surface area contributed by atoms with Gasteiger partial charge in [-0.25, -0.2) is 4.98 Å². The predicted molar refractivity (Wildman–Crippen MR) is 130 cm³/mol. The number of halogens is 1. The molecule has 27 heavy (non-hydrogen) atoms. The van der Waals surface area contributed by atoms with Gasteiger partial charge in [0.05, 0.1) is 6.04 Å². The van der Waals surface area contributed by atoms with E-state index in [1.165, 1.54) is 30.8 Å². The standard InChI is InChI=1S/C18H27N5S3.HI/c1-19-17(20-7-5-12-25-18-21-8-13-26-18)22-14-15(16-6-4-11-24-16)23-9-2-3-10-23;/h4,6,8,11,13,15H,2-3,5,7,9-10,12,14H2,1H3,(H2,19,20,22);1H. The van der Waals surface area contributed by atoms with E-state index in [1.54, 1.807) is 11.3 Å². The van der Waals surface area contributed by atoms with Gasteiger partial charge < -0.3 is 10.6 Å². The third-order valence-corrected chi connectivity index (χ3v) is 7.41. The fourth-order valence-corrected chi connectivity index (χ4v) is 5.59. The topological polar surface area (TPSA) is 52.6 Å². The number of guanidine groups is 1. The quantitative estimate of drug-likeness (QED) is 0.164. The molecular weight excluding hydrogens is 509 g/mol. The highest BCUT2D eigenvalue weighted by Crippen LogP contribution is 2.27. The lowest BCUT2D eigenvalue weighted by Crippen LogP contribution is -2.42. The summed E-state index contributed by atoms with van der Waals surface area (Å²) in [5.41, 5.74) is 0. The summed E-state index contributed by atoms with van der Waals surface area (Å²) in [6.07, 6.45) is 5.57. The SMILES string of the molecule is CN=C(NCCCSc1nccs1)NCC(c1cccs1)N1CCCC1.I. The monoisotopic (exact) mass is 537 g/mol. The predicted octanol–water partition coefficient (Wildman–Crippen LogP) is 4.31. The molecule has 0 aromatic carbocycles. The van der Waals surface area contributed by atoms with Gasteiger partial charge in [-0.15, -0.1) is 46.7 Å². The molecule has 3 rings (SSSR count). The van der Waals surface area contributed by atoms with Crippen molar-refractivity contribution in [1.82, 2.24) is 20.5 Å². The fraction of sp³-hybridized carbons (Fsp3) is 0.556. The van der Waals surface area contributed by atoms with Gasteiger partial charge in [0, 0.05) is 42.3 Å². The number of nitrogens with zero attached hydrogens (tertiary/aromatic N) is 3. The lowest BCUT2D eigenvalue weighted by atomic mass is 10.2. The van der Waals surface area contributed by atoms with Crippen molar-refractivity contribution < 1.29 is 0 Å². The molecule has 2 N–H and O–H groups in total. The fourth-order valence-electron chi connectivity index (χ4n) is 3.08. The van der Waals surface area contributed by atoms with Crippen LogP contribution >= 0.6 is 58.4 Å². The normalized spacial score (nSPS) is 16.1. The maximum absolute atomic E-state index is 4.38. The molecule has 2 aromatic rings. The molecule has 1 unspecified atom stereocenters. The summed E-state index contributed by atoms with van der Waals surface area (Å²) in [6, 6.07) is 4.84. The van der Waals surface area contributed by atoms with Crippen molar-refractivity contribution in [1.29, 1.82) is 0 Å². The van der Waals surface area contributed by atoms with Gasteiger partial charge in [-0.1, -0.05) is 17.8 Å². The first-order valence-electron chi connectivity index (χ1n) is 9.11. The minimum atomic E-state index is 0. The van der Waals surface area contributed by atoms with Crippen molar-refractivity contribution in [3.63, 3.8) is 0 Å². The third-order valence-electron chi connectivity index (χ3n) is 4.39. The lowest BCUT2D eigenvalue weighted by molar-refractivity contribution is 0.249. The van der Waals surface area contributed by atoms with Gasteiger partial charge in [0.15, 0.2) is 5.96 Å². The first kappa shape index (κ1) is 22.9. The lowest BCUT2D eigenvalue weighted by Gasteiger charge is -2.27. The summed E-state index contributed by atoms with van der Waals surface area (Å²) >= 11 is 5.38. The van der Waals surface area contributed by atoms with E-state index in [4.69, 9.17) is 0 Å². The van der Waals surface area contributed by atoms with Crippen molar-refractivity contribution in [3.8, 4) is 0 Å². The van der Waals surface area contributed by atoms with Crippen LogP contribution < -0.4 is 10.6 Å². The number of thiazole rings is 1. The van der Waals surface area contributed by atoms with E-state index in [9.17, 15) is 0 Å². The highest BCUT2D eigenvalue weighted by molar-refractivity contribution is 14.0. The van der Waals surface area contributed by atoms with E-state index in [1.807, 2.05) is 41.7 Å². The molecule has 1 saturated heterocycles.